The summed E-state index contributed by atoms with van der Waals surface area (Å²) in [5.41, 5.74) is 0. The summed E-state index contributed by atoms with van der Waals surface area (Å²) in [7, 11) is 0. The van der Waals surface area contributed by atoms with E-state index in [4.69, 9.17) is 0 Å². The summed E-state index contributed by atoms with van der Waals surface area (Å²) in [5, 5.41) is 2.71. The molecule has 2 heteroatoms. The lowest BCUT2D eigenvalue weighted by atomic mass is 10.3. The molecule has 1 amide bonds. The summed E-state index contributed by atoms with van der Waals surface area (Å²) < 4.78 is 0. The van der Waals surface area contributed by atoms with Crippen LogP contribution in [0.2, 0.25) is 0 Å². The Morgan fingerprint density at radius 3 is 1.83 bits per heavy atom. The number of rotatable bonds is 3. The Balaban J connectivity index is -0.000000175. The molecule has 0 aliphatic heterocycles. The van der Waals surface area contributed by atoms with Crippen LogP contribution in [0.25, 0.3) is 0 Å². The van der Waals surface area contributed by atoms with Crippen molar-refractivity contribution in [2.24, 2.45) is 0 Å². The quantitative estimate of drug-likeness (QED) is 0.656. The summed E-state index contributed by atoms with van der Waals surface area (Å²) in [6.07, 6.45) is 2.22. The van der Waals surface area contributed by atoms with Crippen LogP contribution in [0.3, 0.4) is 0 Å². The first kappa shape index (κ1) is 17.5. The fourth-order valence-corrected chi connectivity index (χ4v) is 0.441. The highest BCUT2D eigenvalue weighted by atomic mass is 16.1. The molecule has 0 aromatic heterocycles. The number of carbonyl (C=O) groups is 1. The van der Waals surface area contributed by atoms with Crippen LogP contribution in [0.4, 0.5) is 0 Å². The van der Waals surface area contributed by atoms with Gasteiger partial charge in [0.15, 0.2) is 0 Å². The second-order valence-corrected chi connectivity index (χ2v) is 1.84. The topological polar surface area (TPSA) is 29.1 Å². The SMILES string of the molecule is CC.CC.CCCCNC(C)=O. The van der Waals surface area contributed by atoms with Gasteiger partial charge in [-0.3, -0.25) is 4.79 Å². The van der Waals surface area contributed by atoms with Gasteiger partial charge >= 0.3 is 0 Å². The maximum Gasteiger partial charge on any atom is 0.216 e. The van der Waals surface area contributed by atoms with Gasteiger partial charge < -0.3 is 5.32 Å². The summed E-state index contributed by atoms with van der Waals surface area (Å²) >= 11 is 0. The molecular formula is C10H25NO. The van der Waals surface area contributed by atoms with Gasteiger partial charge in [-0.25, -0.2) is 0 Å². The Bertz CT molecular complexity index is 72.2. The molecule has 0 bridgehead atoms. The van der Waals surface area contributed by atoms with Gasteiger partial charge in [0.25, 0.3) is 0 Å². The zero-order chi connectivity index (χ0) is 10.4. The molecule has 0 heterocycles. The molecule has 0 unspecified atom stereocenters. The molecule has 0 spiro atoms. The van der Waals surface area contributed by atoms with E-state index in [0.29, 0.717) is 0 Å². The monoisotopic (exact) mass is 175 g/mol. The van der Waals surface area contributed by atoms with E-state index >= 15 is 0 Å². The fraction of sp³-hybridized carbons (Fsp3) is 0.900. The maximum absolute atomic E-state index is 10.2. The molecule has 1 N–H and O–H groups in total. The molecule has 0 aromatic rings. The van der Waals surface area contributed by atoms with E-state index in [0.717, 1.165) is 19.4 Å². The average Bonchev–Trinajstić information content (AvgIpc) is 2.12. The van der Waals surface area contributed by atoms with Crippen molar-refractivity contribution in [2.75, 3.05) is 6.54 Å². The second kappa shape index (κ2) is 22.4. The molecule has 12 heavy (non-hydrogen) atoms. The van der Waals surface area contributed by atoms with Crippen LogP contribution in [-0.2, 0) is 4.79 Å². The Morgan fingerprint density at radius 2 is 1.58 bits per heavy atom. The van der Waals surface area contributed by atoms with Crippen LogP contribution in [0.5, 0.6) is 0 Å². The molecule has 0 aromatic carbocycles. The zero-order valence-electron chi connectivity index (χ0n) is 9.53. The predicted molar refractivity (Wildman–Crippen MR) is 56.3 cm³/mol. The van der Waals surface area contributed by atoms with Crippen molar-refractivity contribution in [1.82, 2.24) is 5.32 Å². The van der Waals surface area contributed by atoms with Crippen LogP contribution < -0.4 is 5.32 Å². The van der Waals surface area contributed by atoms with E-state index in [1.54, 1.807) is 0 Å². The van der Waals surface area contributed by atoms with E-state index < -0.39 is 0 Å². The fourth-order valence-electron chi connectivity index (χ4n) is 0.441. The molecule has 0 atom stereocenters. The van der Waals surface area contributed by atoms with Crippen LogP contribution >= 0.6 is 0 Å². The van der Waals surface area contributed by atoms with Gasteiger partial charge in [0.2, 0.25) is 5.91 Å². The van der Waals surface area contributed by atoms with Crippen molar-refractivity contribution < 1.29 is 4.79 Å². The average molecular weight is 175 g/mol. The van der Waals surface area contributed by atoms with Crippen molar-refractivity contribution in [1.29, 1.82) is 0 Å². The highest BCUT2D eigenvalue weighted by Gasteiger charge is 1.85. The van der Waals surface area contributed by atoms with Crippen molar-refractivity contribution in [3.63, 3.8) is 0 Å². The first-order valence-electron chi connectivity index (χ1n) is 5.01. The first-order chi connectivity index (χ1) is 5.77. The molecule has 0 rings (SSSR count). The van der Waals surface area contributed by atoms with Crippen LogP contribution in [0, 0.1) is 0 Å². The highest BCUT2D eigenvalue weighted by molar-refractivity contribution is 5.72. The number of carbonyl (C=O) groups excluding carboxylic acids is 1. The van der Waals surface area contributed by atoms with Gasteiger partial charge in [-0.1, -0.05) is 41.0 Å². The van der Waals surface area contributed by atoms with Gasteiger partial charge in [0.05, 0.1) is 0 Å². The van der Waals surface area contributed by atoms with E-state index in [2.05, 4.69) is 12.2 Å². The van der Waals surface area contributed by atoms with Gasteiger partial charge in [0, 0.05) is 13.5 Å². The van der Waals surface area contributed by atoms with Crippen molar-refractivity contribution in [3.05, 3.63) is 0 Å². The Labute approximate surface area is 77.7 Å². The summed E-state index contributed by atoms with van der Waals surface area (Å²) in [4.78, 5) is 10.2. The standard InChI is InChI=1S/C6H13NO.2C2H6/c1-3-4-5-7-6(2)8;2*1-2/h3-5H2,1-2H3,(H,7,8);2*1-2H3. The van der Waals surface area contributed by atoms with Crippen molar-refractivity contribution in [2.45, 2.75) is 54.4 Å². The van der Waals surface area contributed by atoms with E-state index in [-0.39, 0.29) is 5.91 Å². The largest absolute Gasteiger partial charge is 0.356 e. The Hall–Kier alpha value is -0.530. The normalized spacial score (nSPS) is 6.83. The number of nitrogens with one attached hydrogen (secondary N) is 1. The smallest absolute Gasteiger partial charge is 0.216 e. The minimum Gasteiger partial charge on any atom is -0.356 e. The third kappa shape index (κ3) is 34.0. The molecule has 0 radical (unpaired) electrons. The van der Waals surface area contributed by atoms with Gasteiger partial charge in [-0.05, 0) is 6.42 Å². The Morgan fingerprint density at radius 1 is 1.17 bits per heavy atom. The van der Waals surface area contributed by atoms with Crippen molar-refractivity contribution >= 4 is 5.91 Å². The first-order valence-corrected chi connectivity index (χ1v) is 5.01. The zero-order valence-corrected chi connectivity index (χ0v) is 9.53. The number of hydrogen-bond donors (Lipinski definition) is 1. The van der Waals surface area contributed by atoms with E-state index in [9.17, 15) is 4.79 Å². The second-order valence-electron chi connectivity index (χ2n) is 1.84. The molecule has 0 saturated carbocycles. The molecule has 0 fully saturated rings. The maximum atomic E-state index is 10.2. The lowest BCUT2D eigenvalue weighted by molar-refractivity contribution is -0.118. The van der Waals surface area contributed by atoms with Crippen LogP contribution in [0.15, 0.2) is 0 Å². The van der Waals surface area contributed by atoms with Crippen molar-refractivity contribution in [3.8, 4) is 0 Å². The van der Waals surface area contributed by atoms with Gasteiger partial charge in [-0.2, -0.15) is 0 Å². The summed E-state index contributed by atoms with van der Waals surface area (Å²) in [6.45, 7) is 12.5. The predicted octanol–water partition coefficient (Wildman–Crippen LogP) is 2.98. The molecule has 0 aliphatic carbocycles. The van der Waals surface area contributed by atoms with Gasteiger partial charge in [-0.15, -0.1) is 0 Å². The van der Waals surface area contributed by atoms with Crippen LogP contribution in [-0.4, -0.2) is 12.5 Å². The van der Waals surface area contributed by atoms with E-state index in [1.807, 2.05) is 27.7 Å². The third-order valence-corrected chi connectivity index (χ3v) is 0.904. The molecule has 0 saturated heterocycles. The number of unbranched alkanes of at least 4 members (excludes halogenated alkanes) is 1. The number of amides is 1. The lowest BCUT2D eigenvalue weighted by Gasteiger charge is -1.96. The van der Waals surface area contributed by atoms with Crippen LogP contribution in [0.1, 0.15) is 54.4 Å². The molecular weight excluding hydrogens is 150 g/mol. The minimum absolute atomic E-state index is 0.0680. The number of hydrogen-bond acceptors (Lipinski definition) is 1. The third-order valence-electron chi connectivity index (χ3n) is 0.904. The summed E-state index contributed by atoms with van der Waals surface area (Å²) in [6, 6.07) is 0. The molecule has 0 aliphatic rings. The minimum atomic E-state index is 0.0680. The Kier molecular flexibility index (Phi) is 32.8. The highest BCUT2D eigenvalue weighted by Crippen LogP contribution is 1.80. The van der Waals surface area contributed by atoms with E-state index in [1.165, 1.54) is 6.92 Å². The molecule has 2 nitrogen and oxygen atoms in total. The van der Waals surface area contributed by atoms with Gasteiger partial charge in [0.1, 0.15) is 0 Å². The summed E-state index contributed by atoms with van der Waals surface area (Å²) in [5.74, 6) is 0.0680. The molecule has 76 valence electrons. The lowest BCUT2D eigenvalue weighted by Crippen LogP contribution is -2.20.